The maximum atomic E-state index is 13.0. The number of likely N-dealkylation sites (tertiary alicyclic amines) is 1. The van der Waals surface area contributed by atoms with Crippen molar-refractivity contribution < 1.29 is 14.3 Å². The van der Waals surface area contributed by atoms with Crippen molar-refractivity contribution in [1.29, 1.82) is 0 Å². The SMILES string of the molecule is COc1ccc(Cl)cc1C(=O)N1CCC2(CC1)NC(=O)N(c1ccccc1Cl)N2. The van der Waals surface area contributed by atoms with Gasteiger partial charge in [0.1, 0.15) is 11.4 Å². The van der Waals surface area contributed by atoms with Gasteiger partial charge in [-0.15, -0.1) is 0 Å². The van der Waals surface area contributed by atoms with Gasteiger partial charge >= 0.3 is 6.03 Å². The highest BCUT2D eigenvalue weighted by Gasteiger charge is 2.45. The fourth-order valence-electron chi connectivity index (χ4n) is 3.70. The summed E-state index contributed by atoms with van der Waals surface area (Å²) in [5, 5.41) is 5.39. The third-order valence-corrected chi connectivity index (χ3v) is 5.82. The number of para-hydroxylation sites is 1. The summed E-state index contributed by atoms with van der Waals surface area (Å²) in [5.41, 5.74) is 3.65. The van der Waals surface area contributed by atoms with E-state index in [1.807, 2.05) is 12.1 Å². The molecule has 0 atom stereocenters. The Hall–Kier alpha value is -2.48. The summed E-state index contributed by atoms with van der Waals surface area (Å²) in [5.74, 6) is 0.336. The lowest BCUT2D eigenvalue weighted by molar-refractivity contribution is 0.0637. The highest BCUT2D eigenvalue weighted by atomic mass is 35.5. The first-order chi connectivity index (χ1) is 13.9. The molecule has 4 rings (SSSR count). The Morgan fingerprint density at radius 1 is 1.14 bits per heavy atom. The first kappa shape index (κ1) is 19.8. The summed E-state index contributed by atoms with van der Waals surface area (Å²) >= 11 is 12.3. The molecule has 2 aliphatic heterocycles. The highest BCUT2D eigenvalue weighted by molar-refractivity contribution is 6.33. The zero-order chi connectivity index (χ0) is 20.6. The molecule has 0 aromatic heterocycles. The summed E-state index contributed by atoms with van der Waals surface area (Å²) in [6.45, 7) is 0.941. The number of benzene rings is 2. The first-order valence-electron chi connectivity index (χ1n) is 9.20. The van der Waals surface area contributed by atoms with Crippen LogP contribution in [0.2, 0.25) is 10.0 Å². The van der Waals surface area contributed by atoms with E-state index in [0.717, 1.165) is 0 Å². The smallest absolute Gasteiger partial charge is 0.338 e. The van der Waals surface area contributed by atoms with Gasteiger partial charge in [-0.25, -0.2) is 15.2 Å². The number of piperidine rings is 1. The molecule has 7 nitrogen and oxygen atoms in total. The van der Waals surface area contributed by atoms with Crippen LogP contribution >= 0.6 is 23.2 Å². The molecule has 2 aromatic rings. The van der Waals surface area contributed by atoms with Crippen LogP contribution in [0.1, 0.15) is 23.2 Å². The third kappa shape index (κ3) is 3.73. The lowest BCUT2D eigenvalue weighted by Crippen LogP contribution is -2.58. The van der Waals surface area contributed by atoms with Crippen molar-refractivity contribution in [2.24, 2.45) is 0 Å². The zero-order valence-electron chi connectivity index (χ0n) is 15.7. The lowest BCUT2D eigenvalue weighted by atomic mass is 9.97. The minimum Gasteiger partial charge on any atom is -0.496 e. The Labute approximate surface area is 178 Å². The van der Waals surface area contributed by atoms with Crippen LogP contribution in [-0.2, 0) is 0 Å². The van der Waals surface area contributed by atoms with E-state index >= 15 is 0 Å². The van der Waals surface area contributed by atoms with E-state index in [1.54, 1.807) is 35.2 Å². The van der Waals surface area contributed by atoms with Crippen molar-refractivity contribution in [2.45, 2.75) is 18.5 Å². The molecule has 2 fully saturated rings. The second kappa shape index (κ2) is 7.74. The van der Waals surface area contributed by atoms with Crippen LogP contribution in [-0.4, -0.2) is 42.7 Å². The monoisotopic (exact) mass is 434 g/mol. The second-order valence-electron chi connectivity index (χ2n) is 7.05. The Morgan fingerprint density at radius 3 is 2.55 bits per heavy atom. The molecule has 2 saturated heterocycles. The number of ether oxygens (including phenoxy) is 1. The number of hydrogen-bond donors (Lipinski definition) is 2. The predicted octanol–water partition coefficient (Wildman–Crippen LogP) is 3.67. The summed E-state index contributed by atoms with van der Waals surface area (Å²) < 4.78 is 5.30. The molecule has 0 saturated carbocycles. The molecule has 9 heteroatoms. The molecular formula is C20H20Cl2N4O3. The second-order valence-corrected chi connectivity index (χ2v) is 7.89. The summed E-state index contributed by atoms with van der Waals surface area (Å²) in [7, 11) is 1.52. The molecule has 2 aromatic carbocycles. The number of urea groups is 1. The Bertz CT molecular complexity index is 960. The topological polar surface area (TPSA) is 73.9 Å². The van der Waals surface area contributed by atoms with Crippen molar-refractivity contribution in [3.63, 3.8) is 0 Å². The van der Waals surface area contributed by atoms with Crippen molar-refractivity contribution in [3.8, 4) is 5.75 Å². The Balaban J connectivity index is 1.47. The van der Waals surface area contributed by atoms with Gasteiger partial charge in [-0.05, 0) is 30.3 Å². The zero-order valence-corrected chi connectivity index (χ0v) is 17.3. The molecule has 1 spiro atoms. The lowest BCUT2D eigenvalue weighted by Gasteiger charge is -2.39. The number of halogens is 2. The number of methoxy groups -OCH3 is 1. The third-order valence-electron chi connectivity index (χ3n) is 5.26. The fraction of sp³-hybridized carbons (Fsp3) is 0.300. The number of hydrazine groups is 1. The normalized spacial score (nSPS) is 18.1. The molecule has 0 bridgehead atoms. The molecule has 0 unspecified atom stereocenters. The molecule has 0 radical (unpaired) electrons. The molecule has 2 aliphatic rings. The van der Waals surface area contributed by atoms with Crippen LogP contribution in [0.4, 0.5) is 10.5 Å². The van der Waals surface area contributed by atoms with E-state index in [1.165, 1.54) is 12.1 Å². The summed E-state index contributed by atoms with van der Waals surface area (Å²) in [6, 6.07) is 11.8. The highest BCUT2D eigenvalue weighted by Crippen LogP contribution is 2.32. The number of rotatable bonds is 3. The number of amides is 3. The minimum absolute atomic E-state index is 0.147. The van der Waals surface area contributed by atoms with Gasteiger partial charge in [0.15, 0.2) is 0 Å². The van der Waals surface area contributed by atoms with E-state index in [0.29, 0.717) is 53.0 Å². The van der Waals surface area contributed by atoms with Gasteiger partial charge in [0.25, 0.3) is 5.91 Å². The molecule has 2 N–H and O–H groups in total. The van der Waals surface area contributed by atoms with E-state index in [-0.39, 0.29) is 11.9 Å². The van der Waals surface area contributed by atoms with Crippen molar-refractivity contribution in [3.05, 3.63) is 58.1 Å². The molecule has 152 valence electrons. The number of hydrogen-bond acceptors (Lipinski definition) is 4. The van der Waals surface area contributed by atoms with Gasteiger partial charge in [0.2, 0.25) is 0 Å². The van der Waals surface area contributed by atoms with Gasteiger partial charge < -0.3 is 15.0 Å². The number of carbonyl (C=O) groups excluding carboxylic acids is 2. The summed E-state index contributed by atoms with van der Waals surface area (Å²) in [6.07, 6.45) is 1.10. The van der Waals surface area contributed by atoms with Gasteiger partial charge in [-0.1, -0.05) is 35.3 Å². The average molecular weight is 435 g/mol. The van der Waals surface area contributed by atoms with E-state index in [9.17, 15) is 9.59 Å². The van der Waals surface area contributed by atoms with Crippen molar-refractivity contribution in [1.82, 2.24) is 15.6 Å². The molecule has 2 heterocycles. The Morgan fingerprint density at radius 2 is 1.86 bits per heavy atom. The fourth-order valence-corrected chi connectivity index (χ4v) is 4.09. The van der Waals surface area contributed by atoms with Gasteiger partial charge in [-0.3, -0.25) is 4.79 Å². The van der Waals surface area contributed by atoms with Gasteiger partial charge in [0.05, 0.1) is 23.4 Å². The standard InChI is InChI=1S/C20H20Cl2N4O3/c1-29-17-7-6-13(21)12-14(17)18(27)25-10-8-20(9-11-25)23-19(28)26(24-20)16-5-3-2-4-15(16)22/h2-7,12,24H,8-11H2,1H3,(H,23,28). The number of nitrogens with zero attached hydrogens (tertiary/aromatic N) is 2. The molecule has 0 aliphatic carbocycles. The van der Waals surface area contributed by atoms with Crippen molar-refractivity contribution >= 4 is 40.8 Å². The predicted molar refractivity (Wildman–Crippen MR) is 111 cm³/mol. The minimum atomic E-state index is -0.620. The van der Waals surface area contributed by atoms with Gasteiger partial charge in [0, 0.05) is 31.0 Å². The molecule has 3 amide bonds. The van der Waals surface area contributed by atoms with Crippen LogP contribution in [0.5, 0.6) is 5.75 Å². The maximum absolute atomic E-state index is 13.0. The Kier molecular flexibility index (Phi) is 5.29. The van der Waals surface area contributed by atoms with Crippen LogP contribution in [0, 0.1) is 0 Å². The summed E-state index contributed by atoms with van der Waals surface area (Å²) in [4.78, 5) is 27.3. The largest absolute Gasteiger partial charge is 0.496 e. The van der Waals surface area contributed by atoms with E-state index in [4.69, 9.17) is 27.9 Å². The van der Waals surface area contributed by atoms with E-state index < -0.39 is 5.66 Å². The van der Waals surface area contributed by atoms with Crippen LogP contribution < -0.4 is 20.5 Å². The van der Waals surface area contributed by atoms with Crippen LogP contribution in [0.25, 0.3) is 0 Å². The molecular weight excluding hydrogens is 415 g/mol. The first-order valence-corrected chi connectivity index (χ1v) is 9.95. The van der Waals surface area contributed by atoms with E-state index in [2.05, 4.69) is 10.7 Å². The number of carbonyl (C=O) groups is 2. The number of nitrogens with one attached hydrogen (secondary N) is 2. The molecule has 29 heavy (non-hydrogen) atoms. The quantitative estimate of drug-likeness (QED) is 0.772. The van der Waals surface area contributed by atoms with Crippen LogP contribution in [0.3, 0.4) is 0 Å². The van der Waals surface area contributed by atoms with Gasteiger partial charge in [-0.2, -0.15) is 0 Å². The average Bonchev–Trinajstić information content (AvgIpc) is 3.04. The van der Waals surface area contributed by atoms with Crippen molar-refractivity contribution in [2.75, 3.05) is 25.2 Å². The van der Waals surface area contributed by atoms with Crippen LogP contribution in [0.15, 0.2) is 42.5 Å². The maximum Gasteiger partial charge on any atom is 0.338 e. The number of anilines is 1.